The zero-order valence-corrected chi connectivity index (χ0v) is 15.4. The topological polar surface area (TPSA) is 66.0 Å². The average Bonchev–Trinajstić information content (AvgIpc) is 2.74. The Balaban J connectivity index is 2.17. The molecule has 0 spiro atoms. The number of nitriles is 2. The van der Waals surface area contributed by atoms with Crippen LogP contribution in [0, 0.1) is 34.3 Å². The molecule has 28 heavy (non-hydrogen) atoms. The Morgan fingerprint density at radius 1 is 0.821 bits per heavy atom. The van der Waals surface area contributed by atoms with Crippen LogP contribution < -0.4 is 9.47 Å². The fourth-order valence-corrected chi connectivity index (χ4v) is 3.34. The van der Waals surface area contributed by atoms with Crippen LogP contribution in [0.15, 0.2) is 64.4 Å². The van der Waals surface area contributed by atoms with Crippen LogP contribution in [-0.2, 0) is 0 Å². The van der Waals surface area contributed by atoms with Gasteiger partial charge in [-0.05, 0) is 36.4 Å². The maximum Gasteiger partial charge on any atom is 0.179 e. The monoisotopic (exact) mass is 394 g/mol. The summed E-state index contributed by atoms with van der Waals surface area (Å²) in [6.45, 7) is 0. The fourth-order valence-electron chi connectivity index (χ4n) is 2.41. The third-order valence-corrected chi connectivity index (χ3v) is 4.84. The van der Waals surface area contributed by atoms with Crippen LogP contribution in [0.2, 0.25) is 0 Å². The number of ether oxygens (including phenoxy) is 2. The van der Waals surface area contributed by atoms with Crippen molar-refractivity contribution in [3.05, 3.63) is 77.4 Å². The van der Waals surface area contributed by atoms with Crippen LogP contribution in [0.4, 0.5) is 8.78 Å². The molecule has 0 aliphatic heterocycles. The number of rotatable bonds is 5. The molecule has 7 heteroatoms. The molecule has 3 aromatic rings. The number of hydrogen-bond acceptors (Lipinski definition) is 5. The molecule has 4 nitrogen and oxygen atoms in total. The fraction of sp³-hybridized carbons (Fsp3) is 0.0476. The van der Waals surface area contributed by atoms with Crippen molar-refractivity contribution in [2.45, 2.75) is 9.79 Å². The third kappa shape index (κ3) is 3.75. The molecule has 0 saturated heterocycles. The minimum Gasteiger partial charge on any atom is -0.497 e. The molecule has 0 atom stereocenters. The normalized spacial score (nSPS) is 10.0. The average molecular weight is 394 g/mol. The van der Waals surface area contributed by atoms with Gasteiger partial charge in [-0.25, -0.2) is 8.78 Å². The highest BCUT2D eigenvalue weighted by Gasteiger charge is 2.27. The predicted octanol–water partition coefficient (Wildman–Crippen LogP) is 5.66. The third-order valence-electron chi connectivity index (χ3n) is 3.76. The zero-order chi connectivity index (χ0) is 20.1. The summed E-state index contributed by atoms with van der Waals surface area (Å²) >= 11 is 0.886. The van der Waals surface area contributed by atoms with E-state index in [1.807, 2.05) is 0 Å². The first kappa shape index (κ1) is 19.2. The lowest BCUT2D eigenvalue weighted by atomic mass is 10.1. The number of nitrogens with zero attached hydrogens (tertiary/aromatic N) is 2. The van der Waals surface area contributed by atoms with Gasteiger partial charge in [0.05, 0.1) is 12.0 Å². The van der Waals surface area contributed by atoms with Gasteiger partial charge in [-0.15, -0.1) is 0 Å². The van der Waals surface area contributed by atoms with Crippen molar-refractivity contribution < 1.29 is 18.3 Å². The molecule has 0 N–H and O–H groups in total. The molecule has 0 aliphatic carbocycles. The van der Waals surface area contributed by atoms with E-state index < -0.39 is 17.2 Å². The summed E-state index contributed by atoms with van der Waals surface area (Å²) in [7, 11) is 1.52. The van der Waals surface area contributed by atoms with E-state index in [0.29, 0.717) is 16.4 Å². The largest absolute Gasteiger partial charge is 0.497 e. The summed E-state index contributed by atoms with van der Waals surface area (Å²) in [5.74, 6) is -1.90. The molecule has 0 saturated carbocycles. The minimum atomic E-state index is -1.38. The molecule has 0 aromatic heterocycles. The van der Waals surface area contributed by atoms with Gasteiger partial charge in [0.1, 0.15) is 34.8 Å². The Kier molecular flexibility index (Phi) is 5.78. The minimum absolute atomic E-state index is 0.204. The van der Waals surface area contributed by atoms with Gasteiger partial charge < -0.3 is 9.47 Å². The first-order valence-corrected chi connectivity index (χ1v) is 8.80. The molecule has 0 bridgehead atoms. The molecule has 0 radical (unpaired) electrons. The van der Waals surface area contributed by atoms with Crippen molar-refractivity contribution in [1.29, 1.82) is 10.5 Å². The van der Waals surface area contributed by atoms with E-state index in [9.17, 15) is 19.3 Å². The van der Waals surface area contributed by atoms with E-state index in [4.69, 9.17) is 9.47 Å². The van der Waals surface area contributed by atoms with Crippen molar-refractivity contribution >= 4 is 11.8 Å². The lowest BCUT2D eigenvalue weighted by Crippen LogP contribution is -2.02. The van der Waals surface area contributed by atoms with Crippen LogP contribution >= 0.6 is 11.8 Å². The second kappa shape index (κ2) is 8.43. The Labute approximate surface area is 164 Å². The first-order valence-electron chi connectivity index (χ1n) is 7.99. The Bertz CT molecular complexity index is 1090. The molecule has 0 aliphatic rings. The van der Waals surface area contributed by atoms with Crippen molar-refractivity contribution in [3.8, 4) is 29.4 Å². The highest BCUT2D eigenvalue weighted by atomic mass is 32.2. The van der Waals surface area contributed by atoms with Gasteiger partial charge in [0.25, 0.3) is 0 Å². The molecular weight excluding hydrogens is 382 g/mol. The molecule has 0 heterocycles. The van der Waals surface area contributed by atoms with Gasteiger partial charge in [0.15, 0.2) is 17.4 Å². The van der Waals surface area contributed by atoms with Gasteiger partial charge >= 0.3 is 0 Å². The van der Waals surface area contributed by atoms with Gasteiger partial charge in [-0.2, -0.15) is 10.5 Å². The summed E-state index contributed by atoms with van der Waals surface area (Å²) in [5, 5.41) is 18.7. The Morgan fingerprint density at radius 2 is 1.46 bits per heavy atom. The quantitative estimate of drug-likeness (QED) is 0.559. The van der Waals surface area contributed by atoms with E-state index in [-0.39, 0.29) is 16.2 Å². The Hall–Kier alpha value is -3.55. The second-order valence-electron chi connectivity index (χ2n) is 5.45. The van der Waals surface area contributed by atoms with E-state index in [1.165, 1.54) is 7.11 Å². The van der Waals surface area contributed by atoms with Gasteiger partial charge in [-0.3, -0.25) is 0 Å². The molecule has 3 rings (SSSR count). The molecule has 0 unspecified atom stereocenters. The summed E-state index contributed by atoms with van der Waals surface area (Å²) in [6, 6.07) is 18.3. The maximum atomic E-state index is 14.8. The summed E-state index contributed by atoms with van der Waals surface area (Å²) < 4.78 is 40.0. The standard InChI is InChI=1S/C21H12F2N2O2S/c1-26-13-7-9-15(10-8-13)28-21-19(23)18(22)16(11-24)17(12-25)20(21)27-14-5-3-2-4-6-14/h2-10H,1H3. The summed E-state index contributed by atoms with van der Waals surface area (Å²) in [4.78, 5) is 0.354. The molecule has 138 valence electrons. The van der Waals surface area contributed by atoms with Crippen molar-refractivity contribution in [1.82, 2.24) is 0 Å². The maximum absolute atomic E-state index is 14.8. The van der Waals surface area contributed by atoms with Crippen LogP contribution in [0.25, 0.3) is 0 Å². The zero-order valence-electron chi connectivity index (χ0n) is 14.6. The number of methoxy groups -OCH3 is 1. The number of halogens is 2. The Morgan fingerprint density at radius 3 is 2.04 bits per heavy atom. The van der Waals surface area contributed by atoms with Gasteiger partial charge in [-0.1, -0.05) is 30.0 Å². The molecule has 0 fully saturated rings. The smallest absolute Gasteiger partial charge is 0.179 e. The van der Waals surface area contributed by atoms with Crippen LogP contribution in [0.3, 0.4) is 0 Å². The first-order chi connectivity index (χ1) is 13.6. The van der Waals surface area contributed by atoms with Crippen LogP contribution in [0.5, 0.6) is 17.2 Å². The van der Waals surface area contributed by atoms with E-state index in [2.05, 4.69) is 0 Å². The van der Waals surface area contributed by atoms with E-state index in [1.54, 1.807) is 66.7 Å². The summed E-state index contributed by atoms with van der Waals surface area (Å²) in [5.41, 5.74) is -1.05. The van der Waals surface area contributed by atoms with Crippen LogP contribution in [0.1, 0.15) is 11.1 Å². The lowest BCUT2D eigenvalue weighted by Gasteiger charge is -2.15. The summed E-state index contributed by atoms with van der Waals surface area (Å²) in [6.07, 6.45) is 0. The SMILES string of the molecule is COc1ccc(Sc2c(F)c(F)c(C#N)c(C#N)c2Oc2ccccc2)cc1. The van der Waals surface area contributed by atoms with Crippen LogP contribution in [-0.4, -0.2) is 7.11 Å². The number of hydrogen-bond donors (Lipinski definition) is 0. The predicted molar refractivity (Wildman–Crippen MR) is 99.4 cm³/mol. The van der Waals surface area contributed by atoms with Crippen molar-refractivity contribution in [3.63, 3.8) is 0 Å². The lowest BCUT2D eigenvalue weighted by molar-refractivity contribution is 0.414. The molecule has 3 aromatic carbocycles. The van der Waals surface area contributed by atoms with Crippen molar-refractivity contribution in [2.24, 2.45) is 0 Å². The van der Waals surface area contributed by atoms with Gasteiger partial charge in [0.2, 0.25) is 0 Å². The van der Waals surface area contributed by atoms with Gasteiger partial charge in [0, 0.05) is 4.90 Å². The van der Waals surface area contributed by atoms with E-state index in [0.717, 1.165) is 11.8 Å². The highest BCUT2D eigenvalue weighted by molar-refractivity contribution is 7.99. The second-order valence-corrected chi connectivity index (χ2v) is 6.54. The highest BCUT2D eigenvalue weighted by Crippen LogP contribution is 2.44. The molecular formula is C21H12F2N2O2S. The van der Waals surface area contributed by atoms with Crippen molar-refractivity contribution in [2.75, 3.05) is 7.11 Å². The number of benzene rings is 3. The number of para-hydroxylation sites is 1. The molecule has 0 amide bonds. The van der Waals surface area contributed by atoms with E-state index >= 15 is 0 Å².